The Morgan fingerprint density at radius 3 is 2.41 bits per heavy atom. The monoisotopic (exact) mass is 390 g/mol. The third kappa shape index (κ3) is 4.66. The number of amides is 1. The zero-order valence-corrected chi connectivity index (χ0v) is 16.0. The van der Waals surface area contributed by atoms with Crippen molar-refractivity contribution in [2.24, 2.45) is 0 Å². The molecule has 0 saturated carbocycles. The van der Waals surface area contributed by atoms with Gasteiger partial charge in [-0.3, -0.25) is 9.59 Å². The Labute approximate surface area is 169 Å². The molecule has 148 valence electrons. The van der Waals surface area contributed by atoms with Gasteiger partial charge in [0, 0.05) is 30.9 Å². The molecule has 1 saturated heterocycles. The van der Waals surface area contributed by atoms with Gasteiger partial charge in [0.2, 0.25) is 5.78 Å². The second-order valence-corrected chi connectivity index (χ2v) is 6.90. The maximum absolute atomic E-state index is 12.5. The summed E-state index contributed by atoms with van der Waals surface area (Å²) >= 11 is 0. The molecule has 0 radical (unpaired) electrons. The highest BCUT2D eigenvalue weighted by Gasteiger charge is 2.21. The molecule has 29 heavy (non-hydrogen) atoms. The highest BCUT2D eigenvalue weighted by atomic mass is 16.5. The number of hydrogen-bond acceptors (Lipinski definition) is 4. The lowest BCUT2D eigenvalue weighted by Crippen LogP contribution is -2.27. The number of aromatic nitrogens is 1. The number of carbonyl (C=O) groups excluding carboxylic acids is 2. The molecule has 6 nitrogen and oxygen atoms in total. The van der Waals surface area contributed by atoms with Crippen molar-refractivity contribution in [1.29, 1.82) is 0 Å². The fraction of sp³-hybridized carbons (Fsp3) is 0.217. The topological polar surface area (TPSA) is 71.6 Å². The van der Waals surface area contributed by atoms with Gasteiger partial charge in [0.15, 0.2) is 6.61 Å². The van der Waals surface area contributed by atoms with Crippen LogP contribution in [0.2, 0.25) is 0 Å². The van der Waals surface area contributed by atoms with Gasteiger partial charge >= 0.3 is 0 Å². The highest BCUT2D eigenvalue weighted by molar-refractivity contribution is 6.01. The molecule has 1 fully saturated rings. The number of hydrogen-bond donors (Lipinski definition) is 1. The molecular weight excluding hydrogens is 368 g/mol. The number of aromatic amines is 1. The Hall–Kier alpha value is -3.54. The normalized spacial score (nSPS) is 13.3. The van der Waals surface area contributed by atoms with E-state index in [9.17, 15) is 9.59 Å². The van der Waals surface area contributed by atoms with Gasteiger partial charge in [-0.15, -0.1) is 0 Å². The number of Topliss-reactive ketones (excluding diaryl/α,β-unsaturated/α-hetero) is 1. The zero-order chi connectivity index (χ0) is 20.1. The molecule has 3 aromatic rings. The van der Waals surface area contributed by atoms with E-state index in [2.05, 4.69) is 4.98 Å². The fourth-order valence-corrected chi connectivity index (χ4v) is 3.25. The van der Waals surface area contributed by atoms with Crippen LogP contribution in [-0.4, -0.2) is 41.3 Å². The van der Waals surface area contributed by atoms with Gasteiger partial charge in [0.05, 0.1) is 0 Å². The lowest BCUT2D eigenvalue weighted by molar-refractivity contribution is 0.0787. The molecule has 0 bridgehead atoms. The summed E-state index contributed by atoms with van der Waals surface area (Å²) < 4.78 is 11.4. The van der Waals surface area contributed by atoms with Crippen molar-refractivity contribution in [1.82, 2.24) is 9.88 Å². The average molecular weight is 390 g/mol. The number of nitrogens with one attached hydrogen (secondary N) is 1. The molecule has 2 aromatic carbocycles. The zero-order valence-electron chi connectivity index (χ0n) is 16.0. The Kier molecular flexibility index (Phi) is 5.61. The first-order valence-electron chi connectivity index (χ1n) is 9.66. The van der Waals surface area contributed by atoms with Crippen LogP contribution in [0.3, 0.4) is 0 Å². The van der Waals surface area contributed by atoms with Gasteiger partial charge in [-0.2, -0.15) is 0 Å². The van der Waals surface area contributed by atoms with Gasteiger partial charge in [0.25, 0.3) is 5.91 Å². The molecule has 0 atom stereocenters. The molecule has 1 aromatic heterocycles. The summed E-state index contributed by atoms with van der Waals surface area (Å²) in [5.41, 5.74) is 0.873. The first-order valence-corrected chi connectivity index (χ1v) is 9.66. The number of ether oxygens (including phenoxy) is 2. The number of rotatable bonds is 7. The van der Waals surface area contributed by atoms with Gasteiger partial charge in [-0.1, -0.05) is 24.3 Å². The van der Waals surface area contributed by atoms with E-state index in [1.165, 1.54) is 0 Å². The number of para-hydroxylation sites is 1. The second kappa shape index (κ2) is 8.65. The second-order valence-electron chi connectivity index (χ2n) is 6.90. The Balaban J connectivity index is 1.35. The van der Waals surface area contributed by atoms with Crippen LogP contribution in [0.15, 0.2) is 66.9 Å². The van der Waals surface area contributed by atoms with Crippen LogP contribution in [0.5, 0.6) is 17.2 Å². The van der Waals surface area contributed by atoms with E-state index in [1.54, 1.807) is 35.4 Å². The summed E-state index contributed by atoms with van der Waals surface area (Å²) in [7, 11) is 0. The molecule has 6 heteroatoms. The van der Waals surface area contributed by atoms with Crippen molar-refractivity contribution in [3.8, 4) is 17.2 Å². The van der Waals surface area contributed by atoms with E-state index >= 15 is 0 Å². The summed E-state index contributed by atoms with van der Waals surface area (Å²) in [4.78, 5) is 29.5. The van der Waals surface area contributed by atoms with Crippen LogP contribution in [-0.2, 0) is 0 Å². The van der Waals surface area contributed by atoms with Crippen molar-refractivity contribution in [2.75, 3.05) is 19.7 Å². The third-order valence-electron chi connectivity index (χ3n) is 4.78. The van der Waals surface area contributed by atoms with Crippen LogP contribution < -0.4 is 9.47 Å². The van der Waals surface area contributed by atoms with Crippen LogP contribution in [0.4, 0.5) is 0 Å². The Bertz CT molecular complexity index is 991. The maximum Gasteiger partial charge on any atom is 0.270 e. The van der Waals surface area contributed by atoms with Crippen LogP contribution >= 0.6 is 0 Å². The quantitative estimate of drug-likeness (QED) is 0.611. The number of benzene rings is 2. The predicted molar refractivity (Wildman–Crippen MR) is 109 cm³/mol. The SMILES string of the molecule is O=C(COc1cccc(Oc2ccccc2)c1)c1c[nH]c(C(=O)N2CCCC2)c1. The predicted octanol–water partition coefficient (Wildman–Crippen LogP) is 4.30. The number of nitrogens with zero attached hydrogens (tertiary/aromatic N) is 1. The molecule has 0 aliphatic carbocycles. The molecule has 0 spiro atoms. The summed E-state index contributed by atoms with van der Waals surface area (Å²) in [5, 5.41) is 0. The smallest absolute Gasteiger partial charge is 0.270 e. The van der Waals surface area contributed by atoms with Crippen molar-refractivity contribution in [3.05, 3.63) is 78.1 Å². The highest BCUT2D eigenvalue weighted by Crippen LogP contribution is 2.25. The van der Waals surface area contributed by atoms with Crippen molar-refractivity contribution in [3.63, 3.8) is 0 Å². The van der Waals surface area contributed by atoms with Crippen LogP contribution in [0, 0.1) is 0 Å². The van der Waals surface area contributed by atoms with E-state index in [0.717, 1.165) is 31.7 Å². The summed E-state index contributed by atoms with van der Waals surface area (Å²) in [5.74, 6) is 1.63. The molecule has 1 amide bonds. The molecule has 1 N–H and O–H groups in total. The fourth-order valence-electron chi connectivity index (χ4n) is 3.25. The van der Waals surface area contributed by atoms with Crippen LogP contribution in [0.1, 0.15) is 33.7 Å². The van der Waals surface area contributed by atoms with Crippen molar-refractivity contribution >= 4 is 11.7 Å². The first-order chi connectivity index (χ1) is 14.2. The summed E-state index contributed by atoms with van der Waals surface area (Å²) in [6.07, 6.45) is 3.61. The molecule has 1 aliphatic rings. The molecule has 4 rings (SSSR count). The molecular formula is C23H22N2O4. The van der Waals surface area contributed by atoms with E-state index < -0.39 is 0 Å². The van der Waals surface area contributed by atoms with Gasteiger partial charge in [0.1, 0.15) is 22.9 Å². The first kappa shape index (κ1) is 18.8. The lowest BCUT2D eigenvalue weighted by Gasteiger charge is -2.13. The Morgan fingerprint density at radius 1 is 0.897 bits per heavy atom. The average Bonchev–Trinajstić information content (AvgIpc) is 3.45. The van der Waals surface area contributed by atoms with E-state index in [1.807, 2.05) is 36.4 Å². The summed E-state index contributed by atoms with van der Waals surface area (Å²) in [6, 6.07) is 18.2. The summed E-state index contributed by atoms with van der Waals surface area (Å²) in [6.45, 7) is 1.42. The molecule has 1 aliphatic heterocycles. The van der Waals surface area contributed by atoms with Gasteiger partial charge in [-0.05, 0) is 43.2 Å². The minimum absolute atomic E-state index is 0.0618. The minimum Gasteiger partial charge on any atom is -0.485 e. The minimum atomic E-state index is -0.198. The lowest BCUT2D eigenvalue weighted by atomic mass is 10.2. The van der Waals surface area contributed by atoms with E-state index in [-0.39, 0.29) is 18.3 Å². The molecule has 2 heterocycles. The largest absolute Gasteiger partial charge is 0.485 e. The van der Waals surface area contributed by atoms with E-state index in [0.29, 0.717) is 22.8 Å². The van der Waals surface area contributed by atoms with Gasteiger partial charge in [-0.25, -0.2) is 0 Å². The van der Waals surface area contributed by atoms with Gasteiger partial charge < -0.3 is 19.4 Å². The number of ketones is 1. The number of H-pyrrole nitrogens is 1. The standard InChI is InChI=1S/C23H22N2O4/c26-22(17-13-21(24-15-17)23(27)25-11-4-5-12-25)16-28-19-9-6-10-20(14-19)29-18-7-2-1-3-8-18/h1-3,6-10,13-15,24H,4-5,11-12,16H2. The number of carbonyl (C=O) groups is 2. The Morgan fingerprint density at radius 2 is 1.62 bits per heavy atom. The number of likely N-dealkylation sites (tertiary alicyclic amines) is 1. The van der Waals surface area contributed by atoms with E-state index in [4.69, 9.17) is 9.47 Å². The maximum atomic E-state index is 12.5. The van der Waals surface area contributed by atoms with Crippen LogP contribution in [0.25, 0.3) is 0 Å². The third-order valence-corrected chi connectivity index (χ3v) is 4.78. The molecule has 0 unspecified atom stereocenters. The van der Waals surface area contributed by atoms with Crippen molar-refractivity contribution in [2.45, 2.75) is 12.8 Å². The van der Waals surface area contributed by atoms with Crippen molar-refractivity contribution < 1.29 is 19.1 Å².